The zero-order valence-electron chi connectivity index (χ0n) is 12.8. The molecule has 0 atom stereocenters. The first-order chi connectivity index (χ1) is 9.12. The van der Waals surface area contributed by atoms with E-state index in [1.54, 1.807) is 0 Å². The molecule has 5 nitrogen and oxygen atoms in total. The van der Waals surface area contributed by atoms with E-state index in [9.17, 15) is 0 Å². The van der Waals surface area contributed by atoms with E-state index in [0.717, 1.165) is 13.1 Å². The lowest BCUT2D eigenvalue weighted by atomic mass is 10.2. The lowest BCUT2D eigenvalue weighted by molar-refractivity contribution is 0.148. The highest BCUT2D eigenvalue weighted by atomic mass is 35.5. The third-order valence-electron chi connectivity index (χ3n) is 4.21. The lowest BCUT2D eigenvalue weighted by Crippen LogP contribution is -2.58. The largest absolute Gasteiger partial charge is 0.410 e. The maximum Gasteiger partial charge on any atom is 0.192 e. The van der Waals surface area contributed by atoms with Crippen molar-refractivity contribution in [2.45, 2.75) is 45.0 Å². The predicted octanol–water partition coefficient (Wildman–Crippen LogP) is 2.92. The van der Waals surface area contributed by atoms with E-state index in [1.165, 1.54) is 6.33 Å². The molecule has 1 aliphatic heterocycles. The Morgan fingerprint density at radius 2 is 1.95 bits per heavy atom. The number of nitrogens with two attached hydrogens (primary N) is 1. The summed E-state index contributed by atoms with van der Waals surface area (Å²) in [5, 5.41) is 0.656. The van der Waals surface area contributed by atoms with E-state index in [2.05, 4.69) is 48.7 Å². The number of nitrogen functional groups attached to an aromatic ring is 1. The molecule has 0 amide bonds. The molecule has 2 heterocycles. The molecule has 1 fully saturated rings. The van der Waals surface area contributed by atoms with Crippen LogP contribution in [0.1, 0.15) is 20.8 Å². The monoisotopic (exact) mass is 314 g/mol. The molecular weight excluding hydrogens is 292 g/mol. The van der Waals surface area contributed by atoms with Crippen LogP contribution < -0.4 is 10.6 Å². The van der Waals surface area contributed by atoms with Gasteiger partial charge in [0.05, 0.1) is 6.10 Å². The molecule has 0 bridgehead atoms. The molecule has 2 N–H and O–H groups in total. The van der Waals surface area contributed by atoms with E-state index in [-0.39, 0.29) is 11.1 Å². The van der Waals surface area contributed by atoms with Crippen LogP contribution in [0.5, 0.6) is 0 Å². The summed E-state index contributed by atoms with van der Waals surface area (Å²) < 4.78 is 6.34. The van der Waals surface area contributed by atoms with Gasteiger partial charge >= 0.3 is 0 Å². The number of rotatable bonds is 3. The Kier molecular flexibility index (Phi) is 4.01. The van der Waals surface area contributed by atoms with Crippen LogP contribution in [0.25, 0.3) is 0 Å². The van der Waals surface area contributed by atoms with Gasteiger partial charge in [-0.2, -0.15) is 0 Å². The molecule has 0 unspecified atom stereocenters. The summed E-state index contributed by atoms with van der Waals surface area (Å²) in [7, 11) is -1.71. The summed E-state index contributed by atoms with van der Waals surface area (Å²) in [6.45, 7) is 12.9. The maximum atomic E-state index is 6.34. The Hall–Kier alpha value is -0.853. The fourth-order valence-corrected chi connectivity index (χ4v) is 3.43. The summed E-state index contributed by atoms with van der Waals surface area (Å²) in [5.41, 5.74) is 5.70. The van der Waals surface area contributed by atoms with Crippen LogP contribution in [0.3, 0.4) is 0 Å². The van der Waals surface area contributed by atoms with Gasteiger partial charge in [-0.3, -0.25) is 0 Å². The minimum atomic E-state index is -1.71. The smallest absolute Gasteiger partial charge is 0.192 e. The molecule has 1 aromatic heterocycles. The van der Waals surface area contributed by atoms with Crippen LogP contribution in [0.4, 0.5) is 11.6 Å². The number of anilines is 2. The first-order valence-electron chi connectivity index (χ1n) is 6.80. The highest BCUT2D eigenvalue weighted by Crippen LogP contribution is 2.39. The third-order valence-corrected chi connectivity index (χ3v) is 9.11. The Balaban J connectivity index is 1.97. The fraction of sp³-hybridized carbons (Fsp3) is 0.692. The van der Waals surface area contributed by atoms with Crippen molar-refractivity contribution >= 4 is 31.6 Å². The standard InChI is InChI=1S/C13H23ClN4OSi/c1-13(2,3)20(4,5)19-9-6-18(7-9)12-10(14)11(15)16-8-17-12/h8-9H,6-7H2,1-5H3,(H2,15,16,17). The van der Waals surface area contributed by atoms with Crippen LogP contribution in [0, 0.1) is 0 Å². The summed E-state index contributed by atoms with van der Waals surface area (Å²) in [6.07, 6.45) is 1.70. The lowest BCUT2D eigenvalue weighted by Gasteiger charge is -2.46. The second kappa shape index (κ2) is 5.16. The summed E-state index contributed by atoms with van der Waals surface area (Å²) in [5.74, 6) is 1.03. The molecule has 0 radical (unpaired) electrons. The maximum absolute atomic E-state index is 6.34. The van der Waals surface area contributed by atoms with Gasteiger partial charge in [0.25, 0.3) is 0 Å². The van der Waals surface area contributed by atoms with E-state index >= 15 is 0 Å². The van der Waals surface area contributed by atoms with Crippen molar-refractivity contribution in [3.8, 4) is 0 Å². The second-order valence-corrected chi connectivity index (χ2v) is 11.9. The van der Waals surface area contributed by atoms with Crippen LogP contribution in [0.15, 0.2) is 6.33 Å². The van der Waals surface area contributed by atoms with Gasteiger partial charge in [-0.05, 0) is 18.1 Å². The molecule has 2 rings (SSSR count). The zero-order valence-corrected chi connectivity index (χ0v) is 14.5. The van der Waals surface area contributed by atoms with Crippen molar-refractivity contribution in [2.24, 2.45) is 0 Å². The van der Waals surface area contributed by atoms with Crippen LogP contribution in [0.2, 0.25) is 23.2 Å². The summed E-state index contributed by atoms with van der Waals surface area (Å²) in [6, 6.07) is 0. The first kappa shape index (κ1) is 15.5. The average Bonchev–Trinajstić information content (AvgIpc) is 2.26. The Bertz CT molecular complexity index is 498. The molecule has 7 heteroatoms. The summed E-state index contributed by atoms with van der Waals surface area (Å²) >= 11 is 6.13. The molecule has 1 saturated heterocycles. The topological polar surface area (TPSA) is 64.3 Å². The number of hydrogen-bond acceptors (Lipinski definition) is 5. The third kappa shape index (κ3) is 2.92. The number of nitrogens with zero attached hydrogens (tertiary/aromatic N) is 3. The number of halogens is 1. The molecule has 0 saturated carbocycles. The van der Waals surface area contributed by atoms with Crippen molar-refractivity contribution in [3.63, 3.8) is 0 Å². The molecule has 0 aromatic carbocycles. The van der Waals surface area contributed by atoms with Crippen molar-refractivity contribution < 1.29 is 4.43 Å². The second-order valence-electron chi connectivity index (χ2n) is 6.80. The molecule has 0 aliphatic carbocycles. The van der Waals surface area contributed by atoms with E-state index < -0.39 is 8.32 Å². The molecular formula is C13H23ClN4OSi. The van der Waals surface area contributed by atoms with Gasteiger partial charge in [-0.25, -0.2) is 9.97 Å². The average molecular weight is 315 g/mol. The van der Waals surface area contributed by atoms with E-state index in [1.807, 2.05) is 0 Å². The highest BCUT2D eigenvalue weighted by Gasteiger charge is 2.42. The minimum Gasteiger partial charge on any atom is -0.410 e. The number of hydrogen-bond donors (Lipinski definition) is 1. The zero-order chi connectivity index (χ0) is 15.1. The molecule has 112 valence electrons. The van der Waals surface area contributed by atoms with Crippen LogP contribution in [-0.2, 0) is 4.43 Å². The quantitative estimate of drug-likeness (QED) is 0.869. The Morgan fingerprint density at radius 1 is 1.35 bits per heavy atom. The number of aromatic nitrogens is 2. The molecule has 0 spiro atoms. The van der Waals surface area contributed by atoms with Gasteiger partial charge in [0.15, 0.2) is 14.1 Å². The van der Waals surface area contributed by atoms with Gasteiger partial charge in [-0.15, -0.1) is 0 Å². The Labute approximate surface area is 126 Å². The Morgan fingerprint density at radius 3 is 2.50 bits per heavy atom. The normalized spacial score (nSPS) is 17.2. The van der Waals surface area contributed by atoms with Gasteiger partial charge in [-0.1, -0.05) is 32.4 Å². The van der Waals surface area contributed by atoms with Gasteiger partial charge < -0.3 is 15.1 Å². The SMILES string of the molecule is CC(C)(C)[Si](C)(C)OC1CN(c2ncnc(N)c2Cl)C1. The predicted molar refractivity (Wildman–Crippen MR) is 85.7 cm³/mol. The summed E-state index contributed by atoms with van der Waals surface area (Å²) in [4.78, 5) is 10.2. The first-order valence-corrected chi connectivity index (χ1v) is 10.1. The fourth-order valence-electron chi connectivity index (χ4n) is 1.87. The van der Waals surface area contributed by atoms with Crippen molar-refractivity contribution in [2.75, 3.05) is 23.7 Å². The molecule has 1 aliphatic rings. The highest BCUT2D eigenvalue weighted by molar-refractivity contribution is 6.74. The van der Waals surface area contributed by atoms with Crippen LogP contribution >= 0.6 is 11.6 Å². The van der Waals surface area contributed by atoms with Crippen LogP contribution in [-0.4, -0.2) is 37.5 Å². The van der Waals surface area contributed by atoms with E-state index in [4.69, 9.17) is 21.8 Å². The van der Waals surface area contributed by atoms with Gasteiger partial charge in [0.1, 0.15) is 17.2 Å². The van der Waals surface area contributed by atoms with Gasteiger partial charge in [0.2, 0.25) is 0 Å². The van der Waals surface area contributed by atoms with Crippen molar-refractivity contribution in [1.82, 2.24) is 9.97 Å². The molecule has 1 aromatic rings. The van der Waals surface area contributed by atoms with E-state index in [0.29, 0.717) is 16.7 Å². The van der Waals surface area contributed by atoms with Gasteiger partial charge in [0, 0.05) is 13.1 Å². The van der Waals surface area contributed by atoms with Crippen molar-refractivity contribution in [1.29, 1.82) is 0 Å². The minimum absolute atomic E-state index is 0.227. The van der Waals surface area contributed by atoms with Crippen molar-refractivity contribution in [3.05, 3.63) is 11.3 Å². The molecule has 20 heavy (non-hydrogen) atoms.